The first-order valence-electron chi connectivity index (χ1n) is 9.96. The molecule has 1 heterocycles. The van der Waals surface area contributed by atoms with Crippen LogP contribution in [0.3, 0.4) is 0 Å². The third kappa shape index (κ3) is 2.17. The molecule has 2 aromatic rings. The van der Waals surface area contributed by atoms with Crippen LogP contribution in [0.2, 0.25) is 19.6 Å². The molecule has 0 spiro atoms. The maximum absolute atomic E-state index is 7.16. The highest BCUT2D eigenvalue weighted by Crippen LogP contribution is 2.71. The normalized spacial score (nSPS) is 34.3. The predicted octanol–water partition coefficient (Wildman–Crippen LogP) is 5.35. The number of hydrogen-bond acceptors (Lipinski definition) is 2. The summed E-state index contributed by atoms with van der Waals surface area (Å²) < 4.78 is 14.0. The van der Waals surface area contributed by atoms with Gasteiger partial charge >= 0.3 is 0 Å². The van der Waals surface area contributed by atoms with Crippen molar-refractivity contribution in [2.75, 3.05) is 0 Å². The van der Waals surface area contributed by atoms with E-state index in [9.17, 15) is 0 Å². The van der Waals surface area contributed by atoms with Gasteiger partial charge in [-0.15, -0.1) is 0 Å². The molecule has 4 atom stereocenters. The molecule has 3 aliphatic rings. The van der Waals surface area contributed by atoms with Gasteiger partial charge in [-0.3, -0.25) is 0 Å². The zero-order valence-electron chi connectivity index (χ0n) is 15.9. The van der Waals surface area contributed by atoms with E-state index in [4.69, 9.17) is 9.16 Å². The van der Waals surface area contributed by atoms with E-state index in [1.165, 1.54) is 24.0 Å². The van der Waals surface area contributed by atoms with Gasteiger partial charge in [0.05, 0.1) is 6.10 Å². The van der Waals surface area contributed by atoms with Crippen LogP contribution in [0.25, 0.3) is 0 Å². The molecule has 2 aliphatic carbocycles. The van der Waals surface area contributed by atoms with Crippen molar-refractivity contribution in [1.29, 1.82) is 0 Å². The highest BCUT2D eigenvalue weighted by Gasteiger charge is 2.78. The quantitative estimate of drug-likeness (QED) is 0.681. The lowest BCUT2D eigenvalue weighted by molar-refractivity contribution is -0.351. The molecular weight excluding hydrogens is 336 g/mol. The third-order valence-electron chi connectivity index (χ3n) is 6.46. The van der Waals surface area contributed by atoms with E-state index in [0.717, 1.165) is 12.3 Å². The number of hydrogen-bond donors (Lipinski definition) is 0. The number of fused-ring (bicyclic) bond motifs is 3. The van der Waals surface area contributed by atoms with Gasteiger partial charge < -0.3 is 9.16 Å². The Hall–Kier alpha value is -1.42. The van der Waals surface area contributed by atoms with Crippen LogP contribution in [0.1, 0.15) is 30.4 Å². The van der Waals surface area contributed by atoms with Crippen molar-refractivity contribution in [2.45, 2.75) is 56.2 Å². The molecule has 5 rings (SSSR count). The summed E-state index contributed by atoms with van der Waals surface area (Å²) in [5.41, 5.74) is 1.81. The first-order valence-corrected chi connectivity index (χ1v) is 13.4. The first-order chi connectivity index (χ1) is 12.5. The second-order valence-electron chi connectivity index (χ2n) is 9.21. The van der Waals surface area contributed by atoms with Crippen molar-refractivity contribution in [2.24, 2.45) is 11.8 Å². The Kier molecular flexibility index (Phi) is 3.56. The zero-order chi connectivity index (χ0) is 18.0. The molecule has 3 heteroatoms. The molecule has 0 radical (unpaired) electrons. The van der Waals surface area contributed by atoms with Crippen molar-refractivity contribution in [3.05, 3.63) is 71.8 Å². The fraction of sp³-hybridized carbons (Fsp3) is 0.478. The van der Waals surface area contributed by atoms with Crippen molar-refractivity contribution in [3.63, 3.8) is 0 Å². The summed E-state index contributed by atoms with van der Waals surface area (Å²) in [6, 6.07) is 21.6. The van der Waals surface area contributed by atoms with E-state index in [0.29, 0.717) is 5.92 Å². The van der Waals surface area contributed by atoms with Crippen molar-refractivity contribution in [1.82, 2.24) is 0 Å². The molecule has 0 bridgehead atoms. The lowest BCUT2D eigenvalue weighted by Crippen LogP contribution is -2.77. The lowest BCUT2D eigenvalue weighted by Gasteiger charge is -2.67. The molecule has 1 aliphatic heterocycles. The maximum Gasteiger partial charge on any atom is 0.184 e. The van der Waals surface area contributed by atoms with E-state index in [-0.39, 0.29) is 11.7 Å². The highest BCUT2D eigenvalue weighted by atomic mass is 28.4. The summed E-state index contributed by atoms with van der Waals surface area (Å²) >= 11 is 0. The summed E-state index contributed by atoms with van der Waals surface area (Å²) in [5, 5.41) is 0. The van der Waals surface area contributed by atoms with Crippen molar-refractivity contribution >= 4 is 8.32 Å². The topological polar surface area (TPSA) is 18.5 Å². The molecule has 0 aromatic heterocycles. The van der Waals surface area contributed by atoms with Crippen LogP contribution >= 0.6 is 0 Å². The van der Waals surface area contributed by atoms with Crippen LogP contribution in [0.5, 0.6) is 0 Å². The predicted molar refractivity (Wildman–Crippen MR) is 107 cm³/mol. The molecule has 2 aromatic carbocycles. The fourth-order valence-corrected chi connectivity index (χ4v) is 7.05. The number of ether oxygens (including phenoxy) is 1. The molecule has 0 amide bonds. The SMILES string of the molecule is C[Si](C)(C)OC12C(CCC3CC31)OC2(c1ccccc1)c1ccccc1. The van der Waals surface area contributed by atoms with Gasteiger partial charge in [0, 0.05) is 0 Å². The van der Waals surface area contributed by atoms with Gasteiger partial charge in [-0.2, -0.15) is 0 Å². The minimum absolute atomic E-state index is 0.205. The Bertz CT molecular complexity index is 754. The molecule has 1 saturated heterocycles. The van der Waals surface area contributed by atoms with Gasteiger partial charge in [-0.1, -0.05) is 60.7 Å². The van der Waals surface area contributed by atoms with Crippen LogP contribution in [-0.4, -0.2) is 20.0 Å². The van der Waals surface area contributed by atoms with Gasteiger partial charge in [-0.05, 0) is 61.9 Å². The molecule has 4 unspecified atom stereocenters. The smallest absolute Gasteiger partial charge is 0.184 e. The summed E-state index contributed by atoms with van der Waals surface area (Å²) in [5.74, 6) is 1.44. The lowest BCUT2D eigenvalue weighted by atomic mass is 9.59. The monoisotopic (exact) mass is 364 g/mol. The number of rotatable bonds is 4. The molecule has 0 N–H and O–H groups in total. The Labute approximate surface area is 157 Å². The molecule has 26 heavy (non-hydrogen) atoms. The van der Waals surface area contributed by atoms with Crippen molar-refractivity contribution < 1.29 is 9.16 Å². The molecular formula is C23H28O2Si. The highest BCUT2D eigenvalue weighted by molar-refractivity contribution is 6.69. The standard InChI is InChI=1S/C23H28O2Si/c1-26(2,3)25-23-20-16-17(20)14-15-21(23)24-22(23,18-10-6-4-7-11-18)19-12-8-5-9-13-19/h4-13,17,20-21H,14-16H2,1-3H3. The van der Waals surface area contributed by atoms with E-state index in [1.54, 1.807) is 0 Å². The molecule has 2 saturated carbocycles. The average molecular weight is 365 g/mol. The Balaban J connectivity index is 1.74. The third-order valence-corrected chi connectivity index (χ3v) is 7.41. The average Bonchev–Trinajstić information content (AvgIpc) is 3.39. The summed E-state index contributed by atoms with van der Waals surface area (Å²) in [6.45, 7) is 6.97. The molecule has 2 nitrogen and oxygen atoms in total. The summed E-state index contributed by atoms with van der Waals surface area (Å²) in [7, 11) is -1.76. The summed E-state index contributed by atoms with van der Waals surface area (Å²) in [4.78, 5) is 0. The zero-order valence-corrected chi connectivity index (χ0v) is 16.9. The Morgan fingerprint density at radius 1 is 0.885 bits per heavy atom. The summed E-state index contributed by atoms with van der Waals surface area (Å²) in [6.07, 6.45) is 3.95. The second-order valence-corrected chi connectivity index (χ2v) is 13.6. The van der Waals surface area contributed by atoms with E-state index in [1.807, 2.05) is 0 Å². The van der Waals surface area contributed by atoms with E-state index >= 15 is 0 Å². The Morgan fingerprint density at radius 2 is 1.46 bits per heavy atom. The minimum atomic E-state index is -1.76. The van der Waals surface area contributed by atoms with Crippen LogP contribution in [0, 0.1) is 11.8 Å². The van der Waals surface area contributed by atoms with E-state index < -0.39 is 13.9 Å². The second kappa shape index (κ2) is 5.54. The first kappa shape index (κ1) is 16.7. The van der Waals surface area contributed by atoms with Crippen LogP contribution in [0.15, 0.2) is 60.7 Å². The van der Waals surface area contributed by atoms with Crippen LogP contribution in [-0.2, 0) is 14.8 Å². The molecule has 136 valence electrons. The van der Waals surface area contributed by atoms with E-state index in [2.05, 4.69) is 80.3 Å². The van der Waals surface area contributed by atoms with Gasteiger partial charge in [0.15, 0.2) is 8.32 Å². The van der Waals surface area contributed by atoms with Gasteiger partial charge in [-0.25, -0.2) is 0 Å². The van der Waals surface area contributed by atoms with Crippen LogP contribution < -0.4 is 0 Å². The van der Waals surface area contributed by atoms with Crippen LogP contribution in [0.4, 0.5) is 0 Å². The largest absolute Gasteiger partial charge is 0.406 e. The van der Waals surface area contributed by atoms with Crippen molar-refractivity contribution in [3.8, 4) is 0 Å². The fourth-order valence-electron chi connectivity index (χ4n) is 5.61. The minimum Gasteiger partial charge on any atom is -0.406 e. The van der Waals surface area contributed by atoms with Gasteiger partial charge in [0.2, 0.25) is 0 Å². The van der Waals surface area contributed by atoms with Gasteiger partial charge in [0.1, 0.15) is 11.2 Å². The van der Waals surface area contributed by atoms with Gasteiger partial charge in [0.25, 0.3) is 0 Å². The Morgan fingerprint density at radius 3 is 2.00 bits per heavy atom. The maximum atomic E-state index is 7.16. The number of benzene rings is 2. The molecule has 3 fully saturated rings.